The van der Waals surface area contributed by atoms with Gasteiger partial charge in [0.05, 0.1) is 5.75 Å². The van der Waals surface area contributed by atoms with Gasteiger partial charge in [0.1, 0.15) is 4.70 Å². The maximum Gasteiger partial charge on any atom is 0.271 e. The smallest absolute Gasteiger partial charge is 0.271 e. The molecule has 0 atom stereocenters. The number of aromatic amines is 1. The summed E-state index contributed by atoms with van der Waals surface area (Å²) in [6.45, 7) is 2.02. The molecule has 166 valence electrons. The van der Waals surface area contributed by atoms with Crippen molar-refractivity contribution in [2.75, 3.05) is 6.26 Å². The number of benzene rings is 2. The van der Waals surface area contributed by atoms with E-state index >= 15 is 0 Å². The van der Waals surface area contributed by atoms with E-state index in [4.69, 9.17) is 16.7 Å². The summed E-state index contributed by atoms with van der Waals surface area (Å²) in [7, 11) is 0. The number of aryl methyl sites for hydroxylation is 1. The van der Waals surface area contributed by atoms with Crippen molar-refractivity contribution in [2.45, 2.75) is 22.7 Å². The summed E-state index contributed by atoms with van der Waals surface area (Å²) >= 11 is 9.77. The van der Waals surface area contributed by atoms with Crippen molar-refractivity contribution in [3.63, 3.8) is 0 Å². The fourth-order valence-corrected chi connectivity index (χ4v) is 5.56. The van der Waals surface area contributed by atoms with Gasteiger partial charge in [0, 0.05) is 16.1 Å². The minimum atomic E-state index is -0.218. The van der Waals surface area contributed by atoms with Crippen molar-refractivity contribution >= 4 is 57.4 Å². The lowest BCUT2D eigenvalue weighted by molar-refractivity contribution is 0.391. The van der Waals surface area contributed by atoms with Gasteiger partial charge in [-0.25, -0.2) is 4.98 Å². The molecule has 5 aromatic rings. The van der Waals surface area contributed by atoms with Crippen molar-refractivity contribution < 1.29 is 4.52 Å². The van der Waals surface area contributed by atoms with Crippen molar-refractivity contribution in [1.82, 2.24) is 24.7 Å². The molecule has 3 aromatic heterocycles. The molecule has 1 N–H and O–H groups in total. The number of rotatable bonds is 6. The van der Waals surface area contributed by atoms with Crippen molar-refractivity contribution in [3.8, 4) is 17.1 Å². The highest BCUT2D eigenvalue weighted by Gasteiger charge is 2.15. The maximum atomic E-state index is 12.7. The average Bonchev–Trinajstić information content (AvgIpc) is 3.43. The van der Waals surface area contributed by atoms with Gasteiger partial charge < -0.3 is 9.51 Å². The highest BCUT2D eigenvalue weighted by molar-refractivity contribution is 7.98. The molecule has 0 saturated heterocycles. The van der Waals surface area contributed by atoms with Gasteiger partial charge in [0.2, 0.25) is 11.7 Å². The van der Waals surface area contributed by atoms with E-state index in [9.17, 15) is 4.79 Å². The Morgan fingerprint density at radius 2 is 1.88 bits per heavy atom. The van der Waals surface area contributed by atoms with Gasteiger partial charge >= 0.3 is 0 Å². The molecule has 7 nitrogen and oxygen atoms in total. The lowest BCUT2D eigenvalue weighted by Gasteiger charge is -2.05. The summed E-state index contributed by atoms with van der Waals surface area (Å²) in [5, 5.41) is 4.53. The third-order valence-electron chi connectivity index (χ3n) is 4.86. The van der Waals surface area contributed by atoms with Crippen LogP contribution < -0.4 is 5.56 Å². The van der Waals surface area contributed by atoms with Crippen molar-refractivity contribution in [1.29, 1.82) is 0 Å². The van der Waals surface area contributed by atoms with Crippen LogP contribution >= 0.6 is 47.1 Å². The molecule has 0 unspecified atom stereocenters. The first-order chi connectivity index (χ1) is 16.0. The molecule has 5 rings (SSSR count). The molecule has 0 aliphatic heterocycles. The third-order valence-corrected chi connectivity index (χ3v) is 7.83. The van der Waals surface area contributed by atoms with Crippen LogP contribution in [0.1, 0.15) is 11.5 Å². The Morgan fingerprint density at radius 1 is 1.12 bits per heavy atom. The second kappa shape index (κ2) is 9.26. The Bertz CT molecular complexity index is 1550. The molecule has 0 radical (unpaired) electrons. The SMILES string of the molecule is CSc1ccc(-c2noc(CSc3nc4c(sc(=S)n4-c4ccc(C)cc4)c(=O)[nH]3)n2)cc1. The first-order valence-corrected chi connectivity index (χ1v) is 13.3. The molecule has 3 heterocycles. The quantitative estimate of drug-likeness (QED) is 0.172. The van der Waals surface area contributed by atoms with E-state index in [1.807, 2.05) is 66.3 Å². The predicted molar refractivity (Wildman–Crippen MR) is 136 cm³/mol. The maximum absolute atomic E-state index is 12.7. The summed E-state index contributed by atoms with van der Waals surface area (Å²) < 4.78 is 8.30. The number of thioether (sulfide) groups is 2. The number of hydrogen-bond acceptors (Lipinski definition) is 9. The van der Waals surface area contributed by atoms with Gasteiger partial charge in [-0.15, -0.1) is 11.8 Å². The van der Waals surface area contributed by atoms with Crippen LogP contribution in [0.15, 0.2) is 67.9 Å². The number of aromatic nitrogens is 5. The van der Waals surface area contributed by atoms with Crippen LogP contribution in [-0.2, 0) is 5.75 Å². The first kappa shape index (κ1) is 22.1. The van der Waals surface area contributed by atoms with Crippen LogP contribution in [0.3, 0.4) is 0 Å². The summed E-state index contributed by atoms with van der Waals surface area (Å²) in [6.07, 6.45) is 2.03. The molecule has 0 amide bonds. The molecular weight excluding hydrogens is 495 g/mol. The van der Waals surface area contributed by atoms with Gasteiger partial charge in [0.25, 0.3) is 5.56 Å². The van der Waals surface area contributed by atoms with Crippen LogP contribution in [0, 0.1) is 10.9 Å². The number of fused-ring (bicyclic) bond motifs is 1. The minimum absolute atomic E-state index is 0.218. The molecule has 0 aliphatic carbocycles. The van der Waals surface area contributed by atoms with Crippen molar-refractivity contribution in [2.24, 2.45) is 0 Å². The second-order valence-electron chi connectivity index (χ2n) is 7.09. The standard InChI is InChI=1S/C22H17N5O2S4/c1-12-3-7-14(8-4-12)27-19-17(33-22(27)30)20(28)25-21(24-19)32-11-16-23-18(26-29-16)13-5-9-15(31-2)10-6-13/h3-10H,11H2,1-2H3,(H,24,25,28). The number of H-pyrrole nitrogens is 1. The molecule has 11 heteroatoms. The third kappa shape index (κ3) is 4.54. The lowest BCUT2D eigenvalue weighted by Crippen LogP contribution is -2.09. The first-order valence-electron chi connectivity index (χ1n) is 9.84. The van der Waals surface area contributed by atoms with Crippen LogP contribution in [-0.4, -0.2) is 30.9 Å². The monoisotopic (exact) mass is 511 g/mol. The zero-order chi connectivity index (χ0) is 22.9. The van der Waals surface area contributed by atoms with E-state index < -0.39 is 0 Å². The Hall–Kier alpha value is -2.73. The Kier molecular flexibility index (Phi) is 6.19. The highest BCUT2D eigenvalue weighted by atomic mass is 32.2. The molecular formula is C22H17N5O2S4. The summed E-state index contributed by atoms with van der Waals surface area (Å²) in [6, 6.07) is 15.9. The predicted octanol–water partition coefficient (Wildman–Crippen LogP) is 5.88. The van der Waals surface area contributed by atoms with E-state index in [1.165, 1.54) is 28.0 Å². The highest BCUT2D eigenvalue weighted by Crippen LogP contribution is 2.27. The number of thiazole rings is 1. The van der Waals surface area contributed by atoms with E-state index in [2.05, 4.69) is 20.1 Å². The van der Waals surface area contributed by atoms with Gasteiger partial charge in [-0.2, -0.15) is 4.98 Å². The molecule has 0 saturated carbocycles. The van der Waals surface area contributed by atoms with Crippen LogP contribution in [0.25, 0.3) is 27.4 Å². The number of hydrogen-bond donors (Lipinski definition) is 1. The fourth-order valence-electron chi connectivity index (χ4n) is 3.18. The van der Waals surface area contributed by atoms with Gasteiger partial charge in [-0.05, 0) is 61.8 Å². The van der Waals surface area contributed by atoms with E-state index in [0.717, 1.165) is 16.8 Å². The lowest BCUT2D eigenvalue weighted by atomic mass is 10.2. The summed E-state index contributed by atoms with van der Waals surface area (Å²) in [5.41, 5.74) is 3.23. The molecule has 0 fully saturated rings. The average molecular weight is 512 g/mol. The Morgan fingerprint density at radius 3 is 2.61 bits per heavy atom. The topological polar surface area (TPSA) is 89.6 Å². The molecule has 33 heavy (non-hydrogen) atoms. The second-order valence-corrected chi connectivity index (χ2v) is 10.6. The number of nitrogens with zero attached hydrogens (tertiary/aromatic N) is 4. The molecule has 0 spiro atoms. The summed E-state index contributed by atoms with van der Waals surface area (Å²) in [5.74, 6) is 1.35. The van der Waals surface area contributed by atoms with Crippen LogP contribution in [0.5, 0.6) is 0 Å². The van der Waals surface area contributed by atoms with E-state index in [-0.39, 0.29) is 5.56 Å². The van der Waals surface area contributed by atoms with Gasteiger partial charge in [0.15, 0.2) is 14.8 Å². The zero-order valence-electron chi connectivity index (χ0n) is 17.6. The van der Waals surface area contributed by atoms with Crippen molar-refractivity contribution in [3.05, 3.63) is 74.3 Å². The van der Waals surface area contributed by atoms with Gasteiger partial charge in [-0.3, -0.25) is 9.36 Å². The van der Waals surface area contributed by atoms with Crippen LogP contribution in [0.2, 0.25) is 0 Å². The Labute approximate surface area is 206 Å². The van der Waals surface area contributed by atoms with E-state index in [0.29, 0.717) is 36.9 Å². The summed E-state index contributed by atoms with van der Waals surface area (Å²) in [4.78, 5) is 25.8. The van der Waals surface area contributed by atoms with E-state index in [1.54, 1.807) is 11.8 Å². The number of nitrogens with one attached hydrogen (secondary N) is 1. The zero-order valence-corrected chi connectivity index (χ0v) is 20.8. The minimum Gasteiger partial charge on any atom is -0.338 e. The largest absolute Gasteiger partial charge is 0.338 e. The molecule has 0 bridgehead atoms. The fraction of sp³-hybridized carbons (Fsp3) is 0.136. The Balaban J connectivity index is 1.41. The van der Waals surface area contributed by atoms with Gasteiger partial charge in [-0.1, -0.05) is 46.0 Å². The molecule has 2 aromatic carbocycles. The van der Waals surface area contributed by atoms with Crippen LogP contribution in [0.4, 0.5) is 0 Å². The normalized spacial score (nSPS) is 11.3. The molecule has 0 aliphatic rings.